The molecule has 122 valence electrons. The van der Waals surface area contributed by atoms with Crippen molar-refractivity contribution in [3.05, 3.63) is 81.7 Å². The summed E-state index contributed by atoms with van der Waals surface area (Å²) < 4.78 is 25.5. The SMILES string of the molecule is Cc1ccc(S(=O)(=O)c2cc(-c3ccc(Cl)cc3)c[nH]c2=O)cc1. The molecule has 4 nitrogen and oxygen atoms in total. The van der Waals surface area contributed by atoms with E-state index in [4.69, 9.17) is 11.6 Å². The zero-order valence-corrected chi connectivity index (χ0v) is 14.4. The molecule has 0 aliphatic heterocycles. The first-order valence-electron chi connectivity index (χ1n) is 7.18. The lowest BCUT2D eigenvalue weighted by Gasteiger charge is -2.07. The van der Waals surface area contributed by atoms with Crippen LogP contribution in [0.1, 0.15) is 5.56 Å². The molecule has 0 atom stereocenters. The quantitative estimate of drug-likeness (QED) is 0.772. The molecule has 3 aromatic rings. The van der Waals surface area contributed by atoms with Crippen molar-refractivity contribution in [1.29, 1.82) is 0 Å². The van der Waals surface area contributed by atoms with E-state index in [9.17, 15) is 13.2 Å². The Morgan fingerprint density at radius 2 is 1.54 bits per heavy atom. The first-order chi connectivity index (χ1) is 11.4. The number of aromatic amines is 1. The van der Waals surface area contributed by atoms with Crippen molar-refractivity contribution >= 4 is 21.4 Å². The van der Waals surface area contributed by atoms with Crippen LogP contribution in [0.3, 0.4) is 0 Å². The molecule has 0 bridgehead atoms. The van der Waals surface area contributed by atoms with E-state index in [2.05, 4.69) is 4.98 Å². The number of sulfone groups is 1. The molecule has 0 fully saturated rings. The van der Waals surface area contributed by atoms with E-state index in [1.807, 2.05) is 6.92 Å². The second-order valence-corrected chi connectivity index (χ2v) is 7.76. The van der Waals surface area contributed by atoms with Gasteiger partial charge in [0.1, 0.15) is 4.90 Å². The van der Waals surface area contributed by atoms with Crippen molar-refractivity contribution in [2.24, 2.45) is 0 Å². The minimum Gasteiger partial charge on any atom is -0.327 e. The number of aromatic nitrogens is 1. The Morgan fingerprint density at radius 1 is 0.917 bits per heavy atom. The maximum atomic E-state index is 12.8. The summed E-state index contributed by atoms with van der Waals surface area (Å²) in [4.78, 5) is 14.4. The highest BCUT2D eigenvalue weighted by Crippen LogP contribution is 2.24. The van der Waals surface area contributed by atoms with Gasteiger partial charge in [0.05, 0.1) is 4.90 Å². The fourth-order valence-electron chi connectivity index (χ4n) is 2.32. The fourth-order valence-corrected chi connectivity index (χ4v) is 3.78. The van der Waals surface area contributed by atoms with E-state index >= 15 is 0 Å². The van der Waals surface area contributed by atoms with Crippen LogP contribution in [0.2, 0.25) is 5.02 Å². The van der Waals surface area contributed by atoms with E-state index in [0.717, 1.165) is 11.1 Å². The number of benzene rings is 2. The summed E-state index contributed by atoms with van der Waals surface area (Å²) in [6.07, 6.45) is 1.49. The lowest BCUT2D eigenvalue weighted by atomic mass is 10.1. The summed E-state index contributed by atoms with van der Waals surface area (Å²) in [7, 11) is -3.89. The molecule has 2 aromatic carbocycles. The van der Waals surface area contributed by atoms with Gasteiger partial charge < -0.3 is 4.98 Å². The van der Waals surface area contributed by atoms with Crippen molar-refractivity contribution in [2.75, 3.05) is 0 Å². The van der Waals surface area contributed by atoms with E-state index in [1.165, 1.54) is 24.4 Å². The number of H-pyrrole nitrogens is 1. The number of halogens is 1. The lowest BCUT2D eigenvalue weighted by molar-refractivity contribution is 0.594. The zero-order chi connectivity index (χ0) is 17.3. The molecule has 3 rings (SSSR count). The molecule has 1 aromatic heterocycles. The van der Waals surface area contributed by atoms with E-state index in [1.54, 1.807) is 36.4 Å². The Kier molecular flexibility index (Phi) is 4.30. The minimum atomic E-state index is -3.89. The smallest absolute Gasteiger partial charge is 0.267 e. The lowest BCUT2D eigenvalue weighted by Crippen LogP contribution is -2.17. The number of nitrogens with one attached hydrogen (secondary N) is 1. The fraction of sp³-hybridized carbons (Fsp3) is 0.0556. The molecule has 0 amide bonds. The molecule has 0 aliphatic carbocycles. The van der Waals surface area contributed by atoms with Gasteiger partial charge in [-0.1, -0.05) is 41.4 Å². The van der Waals surface area contributed by atoms with Gasteiger partial charge in [0, 0.05) is 11.2 Å². The zero-order valence-electron chi connectivity index (χ0n) is 12.8. The van der Waals surface area contributed by atoms with E-state index in [-0.39, 0.29) is 9.79 Å². The van der Waals surface area contributed by atoms with Crippen LogP contribution in [0.15, 0.2) is 75.4 Å². The number of aryl methyl sites for hydroxylation is 1. The molecule has 6 heteroatoms. The monoisotopic (exact) mass is 359 g/mol. The molecule has 0 saturated heterocycles. The van der Waals surface area contributed by atoms with Crippen LogP contribution in [0, 0.1) is 6.92 Å². The average molecular weight is 360 g/mol. The Hall–Kier alpha value is -2.37. The van der Waals surface area contributed by atoms with Crippen LogP contribution in [0.4, 0.5) is 0 Å². The maximum absolute atomic E-state index is 12.8. The normalized spacial score (nSPS) is 11.4. The summed E-state index contributed by atoms with van der Waals surface area (Å²) in [5.41, 5.74) is 1.65. The molecule has 0 saturated carbocycles. The summed E-state index contributed by atoms with van der Waals surface area (Å²) in [6.45, 7) is 1.87. The van der Waals surface area contributed by atoms with Crippen LogP contribution < -0.4 is 5.56 Å². The predicted molar refractivity (Wildman–Crippen MR) is 94.1 cm³/mol. The Balaban J connectivity index is 2.14. The van der Waals surface area contributed by atoms with Crippen molar-refractivity contribution in [3.8, 4) is 11.1 Å². The number of rotatable bonds is 3. The summed E-state index contributed by atoms with van der Waals surface area (Å²) in [5.74, 6) is 0. The Bertz CT molecular complexity index is 1040. The van der Waals surface area contributed by atoms with Crippen LogP contribution >= 0.6 is 11.6 Å². The van der Waals surface area contributed by atoms with Gasteiger partial charge in [-0.05, 0) is 48.4 Å². The molecular weight excluding hydrogens is 346 g/mol. The van der Waals surface area contributed by atoms with Gasteiger partial charge in [-0.25, -0.2) is 8.42 Å². The first-order valence-corrected chi connectivity index (χ1v) is 9.04. The molecular formula is C18H14ClNO3S. The first kappa shape index (κ1) is 16.5. The van der Waals surface area contributed by atoms with E-state index < -0.39 is 15.4 Å². The molecule has 0 spiro atoms. The van der Waals surface area contributed by atoms with Gasteiger partial charge in [-0.2, -0.15) is 0 Å². The molecule has 1 heterocycles. The summed E-state index contributed by atoms with van der Waals surface area (Å²) in [5, 5.41) is 0.579. The van der Waals surface area contributed by atoms with Crippen LogP contribution in [0.25, 0.3) is 11.1 Å². The third kappa shape index (κ3) is 3.13. The largest absolute Gasteiger partial charge is 0.327 e. The third-order valence-electron chi connectivity index (χ3n) is 3.67. The predicted octanol–water partition coefficient (Wildman–Crippen LogP) is 3.84. The highest BCUT2D eigenvalue weighted by Gasteiger charge is 2.22. The van der Waals surface area contributed by atoms with Crippen molar-refractivity contribution in [3.63, 3.8) is 0 Å². The summed E-state index contributed by atoms with van der Waals surface area (Å²) in [6, 6.07) is 14.7. The van der Waals surface area contributed by atoms with Gasteiger partial charge in [0.25, 0.3) is 5.56 Å². The number of hydrogen-bond acceptors (Lipinski definition) is 3. The van der Waals surface area contributed by atoms with E-state index in [0.29, 0.717) is 10.6 Å². The van der Waals surface area contributed by atoms with Gasteiger partial charge in [0.15, 0.2) is 0 Å². The highest BCUT2D eigenvalue weighted by atomic mass is 35.5. The standard InChI is InChI=1S/C18H14ClNO3S/c1-12-2-8-16(9-3-12)24(22,23)17-10-14(11-20-18(17)21)13-4-6-15(19)7-5-13/h2-11H,1H3,(H,20,21). The molecule has 0 radical (unpaired) electrons. The van der Waals surface area contributed by atoms with Gasteiger partial charge in [-0.15, -0.1) is 0 Å². The molecule has 24 heavy (non-hydrogen) atoms. The minimum absolute atomic E-state index is 0.0897. The van der Waals surface area contributed by atoms with Crippen molar-refractivity contribution in [1.82, 2.24) is 4.98 Å². The average Bonchev–Trinajstić information content (AvgIpc) is 2.56. The van der Waals surface area contributed by atoms with Crippen LogP contribution in [-0.4, -0.2) is 13.4 Å². The van der Waals surface area contributed by atoms with Crippen molar-refractivity contribution in [2.45, 2.75) is 16.7 Å². The van der Waals surface area contributed by atoms with Gasteiger partial charge in [0.2, 0.25) is 9.84 Å². The second kappa shape index (κ2) is 6.26. The Morgan fingerprint density at radius 3 is 2.17 bits per heavy atom. The number of hydrogen-bond donors (Lipinski definition) is 1. The van der Waals surface area contributed by atoms with Crippen LogP contribution in [0.5, 0.6) is 0 Å². The Labute approximate surface area is 144 Å². The molecule has 1 N–H and O–H groups in total. The second-order valence-electron chi connectivity index (χ2n) is 5.41. The number of pyridine rings is 1. The van der Waals surface area contributed by atoms with Gasteiger partial charge >= 0.3 is 0 Å². The molecule has 0 unspecified atom stereocenters. The highest BCUT2D eigenvalue weighted by molar-refractivity contribution is 7.91. The van der Waals surface area contributed by atoms with Gasteiger partial charge in [-0.3, -0.25) is 4.79 Å². The van der Waals surface area contributed by atoms with Crippen LogP contribution in [-0.2, 0) is 9.84 Å². The topological polar surface area (TPSA) is 67.0 Å². The summed E-state index contributed by atoms with van der Waals surface area (Å²) >= 11 is 5.87. The maximum Gasteiger partial charge on any atom is 0.267 e. The third-order valence-corrected chi connectivity index (χ3v) is 5.69. The molecule has 0 aliphatic rings. The van der Waals surface area contributed by atoms with Crippen molar-refractivity contribution < 1.29 is 8.42 Å².